The Balaban J connectivity index is 2.45. The van der Waals surface area contributed by atoms with Crippen LogP contribution in [0.4, 0.5) is 0 Å². The summed E-state index contributed by atoms with van der Waals surface area (Å²) >= 11 is 6.96. The SMILES string of the molecule is CCSPOCCl. The molecule has 0 aromatic carbocycles. The monoisotopic (exact) mass is 158 g/mol. The van der Waals surface area contributed by atoms with Crippen LogP contribution in [0.2, 0.25) is 0 Å². The van der Waals surface area contributed by atoms with Gasteiger partial charge in [-0.1, -0.05) is 18.5 Å². The smallest absolute Gasteiger partial charge is 0.125 e. The van der Waals surface area contributed by atoms with Crippen LogP contribution in [0.5, 0.6) is 0 Å². The topological polar surface area (TPSA) is 9.23 Å². The minimum absolute atomic E-state index is 0.325. The van der Waals surface area contributed by atoms with Gasteiger partial charge in [0.2, 0.25) is 0 Å². The average molecular weight is 159 g/mol. The van der Waals surface area contributed by atoms with Crippen molar-refractivity contribution < 1.29 is 4.52 Å². The molecule has 0 aliphatic carbocycles. The Labute approximate surface area is 54.8 Å². The summed E-state index contributed by atoms with van der Waals surface area (Å²) in [4.78, 5) is 0. The maximum absolute atomic E-state index is 5.21. The minimum atomic E-state index is 0.325. The van der Waals surface area contributed by atoms with Crippen molar-refractivity contribution in [1.82, 2.24) is 0 Å². The molecule has 1 nitrogen and oxygen atoms in total. The fraction of sp³-hybridized carbons (Fsp3) is 1.00. The minimum Gasteiger partial charge on any atom is -0.336 e. The van der Waals surface area contributed by atoms with E-state index in [4.69, 9.17) is 16.1 Å². The first-order valence-corrected chi connectivity index (χ1v) is 5.11. The van der Waals surface area contributed by atoms with Crippen LogP contribution >= 0.6 is 31.0 Å². The molecule has 4 heteroatoms. The van der Waals surface area contributed by atoms with Crippen LogP contribution in [0.3, 0.4) is 0 Å². The van der Waals surface area contributed by atoms with Gasteiger partial charge >= 0.3 is 0 Å². The van der Waals surface area contributed by atoms with Gasteiger partial charge in [-0.2, -0.15) is 0 Å². The summed E-state index contributed by atoms with van der Waals surface area (Å²) < 4.78 is 4.83. The summed E-state index contributed by atoms with van der Waals surface area (Å²) in [6, 6.07) is 0.325. The third kappa shape index (κ3) is 7.03. The lowest BCUT2D eigenvalue weighted by Gasteiger charge is -1.92. The zero-order valence-corrected chi connectivity index (χ0v) is 6.68. The second-order valence-corrected chi connectivity index (χ2v) is 3.68. The molecule has 0 saturated heterocycles. The Morgan fingerprint density at radius 1 is 1.86 bits per heavy atom. The highest BCUT2D eigenvalue weighted by Crippen LogP contribution is 2.29. The van der Waals surface area contributed by atoms with Crippen LogP contribution in [0.1, 0.15) is 6.92 Å². The van der Waals surface area contributed by atoms with E-state index in [-0.39, 0.29) is 0 Å². The lowest BCUT2D eigenvalue weighted by molar-refractivity contribution is 0.454. The first-order valence-electron chi connectivity index (χ1n) is 1.96. The lowest BCUT2D eigenvalue weighted by atomic mass is 11.0. The summed E-state index contributed by atoms with van der Waals surface area (Å²) in [5.74, 6) is 1.11. The van der Waals surface area contributed by atoms with Crippen LogP contribution in [0.25, 0.3) is 0 Å². The van der Waals surface area contributed by atoms with Gasteiger partial charge in [-0.15, -0.1) is 11.4 Å². The van der Waals surface area contributed by atoms with Crippen molar-refractivity contribution >= 4 is 31.0 Å². The zero-order chi connectivity index (χ0) is 5.54. The molecule has 1 unspecified atom stereocenters. The first kappa shape index (κ1) is 8.03. The molecule has 7 heavy (non-hydrogen) atoms. The van der Waals surface area contributed by atoms with Gasteiger partial charge in [0.25, 0.3) is 0 Å². The summed E-state index contributed by atoms with van der Waals surface area (Å²) in [6.45, 7) is 2.09. The number of hydrogen-bond donors (Lipinski definition) is 0. The summed E-state index contributed by atoms with van der Waals surface area (Å²) in [5, 5.41) is 0. The van der Waals surface area contributed by atoms with E-state index in [2.05, 4.69) is 6.92 Å². The van der Waals surface area contributed by atoms with E-state index in [0.717, 1.165) is 5.75 Å². The van der Waals surface area contributed by atoms with Crippen LogP contribution in [0, 0.1) is 0 Å². The predicted molar refractivity (Wildman–Crippen MR) is 38.3 cm³/mol. The fourth-order valence-electron chi connectivity index (χ4n) is 0.123. The molecule has 0 amide bonds. The molecule has 0 heterocycles. The highest BCUT2D eigenvalue weighted by atomic mass is 35.5. The molecule has 0 bridgehead atoms. The van der Waals surface area contributed by atoms with E-state index in [1.165, 1.54) is 0 Å². The predicted octanol–water partition coefficient (Wildman–Crippen LogP) is 2.46. The first-order chi connectivity index (χ1) is 3.41. The van der Waals surface area contributed by atoms with Crippen molar-refractivity contribution in [3.05, 3.63) is 0 Å². The summed E-state index contributed by atoms with van der Waals surface area (Å²) in [7, 11) is 0.517. The molecule has 0 radical (unpaired) electrons. The van der Waals surface area contributed by atoms with E-state index in [1.807, 2.05) is 0 Å². The van der Waals surface area contributed by atoms with Gasteiger partial charge in [0, 0.05) is 0 Å². The van der Waals surface area contributed by atoms with Gasteiger partial charge < -0.3 is 4.52 Å². The Morgan fingerprint density at radius 2 is 2.57 bits per heavy atom. The van der Waals surface area contributed by atoms with Gasteiger partial charge in [0.15, 0.2) is 0 Å². The van der Waals surface area contributed by atoms with Crippen LogP contribution < -0.4 is 0 Å². The Morgan fingerprint density at radius 3 is 3.00 bits per heavy atom. The van der Waals surface area contributed by atoms with Crippen molar-refractivity contribution in [2.75, 3.05) is 11.8 Å². The number of rotatable bonds is 4. The van der Waals surface area contributed by atoms with Gasteiger partial charge in [-0.3, -0.25) is 0 Å². The zero-order valence-electron chi connectivity index (χ0n) is 4.11. The molecular formula is C3H8ClOPS. The highest BCUT2D eigenvalue weighted by molar-refractivity contribution is 8.48. The molecule has 0 N–H and O–H groups in total. The molecule has 0 fully saturated rings. The van der Waals surface area contributed by atoms with E-state index >= 15 is 0 Å². The van der Waals surface area contributed by atoms with Gasteiger partial charge in [-0.25, -0.2) is 0 Å². The second-order valence-electron chi connectivity index (χ2n) is 0.770. The molecule has 0 aromatic heterocycles. The van der Waals surface area contributed by atoms with Crippen LogP contribution in [0.15, 0.2) is 0 Å². The molecule has 0 saturated carbocycles. The Bertz CT molecular complexity index is 34.1. The molecule has 0 aliphatic rings. The third-order valence-electron chi connectivity index (χ3n) is 0.317. The standard InChI is InChI=1S/C3H8ClOPS/c1-2-7-6-5-3-4/h6H,2-3H2,1H3. The van der Waals surface area contributed by atoms with E-state index in [9.17, 15) is 0 Å². The number of halogens is 1. The molecule has 0 aliphatic heterocycles. The van der Waals surface area contributed by atoms with Crippen molar-refractivity contribution in [2.24, 2.45) is 0 Å². The third-order valence-corrected chi connectivity index (χ3v) is 2.85. The lowest BCUT2D eigenvalue weighted by Crippen LogP contribution is -1.65. The Hall–Kier alpha value is 1.03. The normalized spacial score (nSPS) is 11.1. The molecule has 0 aromatic rings. The molecular weight excluding hydrogens is 151 g/mol. The summed E-state index contributed by atoms with van der Waals surface area (Å²) in [5.41, 5.74) is 0. The maximum Gasteiger partial charge on any atom is 0.125 e. The average Bonchev–Trinajstić information content (AvgIpc) is 1.69. The van der Waals surface area contributed by atoms with Gasteiger partial charge in [0.1, 0.15) is 6.07 Å². The van der Waals surface area contributed by atoms with Crippen LogP contribution in [-0.4, -0.2) is 11.8 Å². The van der Waals surface area contributed by atoms with Crippen molar-refractivity contribution in [3.8, 4) is 0 Å². The summed E-state index contributed by atoms with van der Waals surface area (Å²) in [6.07, 6.45) is 0. The van der Waals surface area contributed by atoms with Crippen molar-refractivity contribution in [1.29, 1.82) is 0 Å². The molecule has 1 atom stereocenters. The van der Waals surface area contributed by atoms with E-state index in [1.54, 1.807) is 11.4 Å². The van der Waals surface area contributed by atoms with Crippen molar-refractivity contribution in [2.45, 2.75) is 6.92 Å². The molecule has 0 rings (SSSR count). The fourth-order valence-corrected chi connectivity index (χ4v) is 1.51. The largest absolute Gasteiger partial charge is 0.336 e. The quantitative estimate of drug-likeness (QED) is 0.353. The number of hydrogen-bond acceptors (Lipinski definition) is 2. The van der Waals surface area contributed by atoms with Gasteiger partial charge in [-0.05, 0) is 5.75 Å². The molecule has 0 spiro atoms. The van der Waals surface area contributed by atoms with Gasteiger partial charge in [0.05, 0.1) is 8.01 Å². The highest BCUT2D eigenvalue weighted by Gasteiger charge is 1.79. The molecule has 44 valence electrons. The van der Waals surface area contributed by atoms with E-state index < -0.39 is 0 Å². The van der Waals surface area contributed by atoms with E-state index in [0.29, 0.717) is 14.1 Å². The maximum atomic E-state index is 5.21. The Kier molecular flexibility index (Phi) is 8.06. The van der Waals surface area contributed by atoms with Crippen LogP contribution in [-0.2, 0) is 4.52 Å². The number of alkyl halides is 1. The second kappa shape index (κ2) is 7.03. The van der Waals surface area contributed by atoms with Crippen molar-refractivity contribution in [3.63, 3.8) is 0 Å².